The number of anilines is 1. The molecule has 25 heavy (non-hydrogen) atoms. The minimum Gasteiger partial charge on any atom is -0.346 e. The standard InChI is InChI=1S/C17H20FN3O3S/c1-21(2)11-10-19-17(22)13-4-3-5-16(12-13)25(23,24)20-15-8-6-14(18)7-9-15/h3-9,12,20H,10-11H2,1-2H3,(H,19,22)/p+1. The zero-order chi connectivity index (χ0) is 18.4. The number of likely N-dealkylation sites (N-methyl/N-ethyl adjacent to an activating group) is 1. The van der Waals surface area contributed by atoms with Crippen LogP contribution in [-0.2, 0) is 10.0 Å². The van der Waals surface area contributed by atoms with Crippen molar-refractivity contribution in [1.82, 2.24) is 5.32 Å². The van der Waals surface area contributed by atoms with E-state index < -0.39 is 15.8 Å². The van der Waals surface area contributed by atoms with E-state index in [2.05, 4.69) is 10.0 Å². The van der Waals surface area contributed by atoms with Gasteiger partial charge in [0.25, 0.3) is 15.9 Å². The van der Waals surface area contributed by atoms with E-state index in [0.29, 0.717) is 6.54 Å². The SMILES string of the molecule is C[NH+](C)CCNC(=O)c1cccc(S(=O)(=O)Nc2ccc(F)cc2)c1. The van der Waals surface area contributed by atoms with Crippen molar-refractivity contribution in [3.05, 3.63) is 59.9 Å². The molecule has 0 fully saturated rings. The first-order valence-electron chi connectivity index (χ1n) is 7.73. The minimum atomic E-state index is -3.87. The monoisotopic (exact) mass is 366 g/mol. The van der Waals surface area contributed by atoms with Crippen molar-refractivity contribution in [1.29, 1.82) is 0 Å². The second-order valence-electron chi connectivity index (χ2n) is 5.85. The van der Waals surface area contributed by atoms with Gasteiger partial charge in [0.15, 0.2) is 0 Å². The van der Waals surface area contributed by atoms with Gasteiger partial charge in [-0.25, -0.2) is 12.8 Å². The highest BCUT2D eigenvalue weighted by Gasteiger charge is 2.16. The van der Waals surface area contributed by atoms with Crippen molar-refractivity contribution < 1.29 is 22.5 Å². The Bertz CT molecular complexity index is 836. The summed E-state index contributed by atoms with van der Waals surface area (Å²) in [5.41, 5.74) is 0.501. The fourth-order valence-corrected chi connectivity index (χ4v) is 3.17. The largest absolute Gasteiger partial charge is 0.346 e. The number of rotatable bonds is 7. The minimum absolute atomic E-state index is 0.0392. The van der Waals surface area contributed by atoms with E-state index in [1.807, 2.05) is 14.1 Å². The van der Waals surface area contributed by atoms with Crippen molar-refractivity contribution in [2.45, 2.75) is 4.90 Å². The summed E-state index contributed by atoms with van der Waals surface area (Å²) in [6, 6.07) is 10.7. The summed E-state index contributed by atoms with van der Waals surface area (Å²) in [4.78, 5) is 13.3. The van der Waals surface area contributed by atoms with Gasteiger partial charge in [-0.1, -0.05) is 6.07 Å². The summed E-state index contributed by atoms with van der Waals surface area (Å²) in [5, 5.41) is 2.75. The van der Waals surface area contributed by atoms with E-state index in [4.69, 9.17) is 0 Å². The van der Waals surface area contributed by atoms with Gasteiger partial charge in [-0.15, -0.1) is 0 Å². The maximum Gasteiger partial charge on any atom is 0.261 e. The van der Waals surface area contributed by atoms with Crippen LogP contribution in [0.2, 0.25) is 0 Å². The molecule has 8 heteroatoms. The highest BCUT2D eigenvalue weighted by molar-refractivity contribution is 7.92. The second kappa shape index (κ2) is 8.09. The summed E-state index contributed by atoms with van der Waals surface area (Å²) in [5.74, 6) is -0.791. The van der Waals surface area contributed by atoms with E-state index in [9.17, 15) is 17.6 Å². The van der Waals surface area contributed by atoms with Gasteiger partial charge in [0, 0.05) is 11.3 Å². The van der Waals surface area contributed by atoms with E-state index in [1.54, 1.807) is 6.07 Å². The summed E-state index contributed by atoms with van der Waals surface area (Å²) >= 11 is 0. The van der Waals surface area contributed by atoms with Gasteiger partial charge in [-0.2, -0.15) is 0 Å². The Morgan fingerprint density at radius 2 is 1.80 bits per heavy atom. The molecule has 3 N–H and O–H groups in total. The number of halogens is 1. The van der Waals surface area contributed by atoms with E-state index in [0.717, 1.165) is 18.7 Å². The molecule has 0 unspecified atom stereocenters. The average Bonchev–Trinajstić information content (AvgIpc) is 2.56. The number of benzene rings is 2. The molecular weight excluding hydrogens is 345 g/mol. The first-order chi connectivity index (χ1) is 11.8. The summed E-state index contributed by atoms with van der Waals surface area (Å²) in [6.07, 6.45) is 0. The lowest BCUT2D eigenvalue weighted by Crippen LogP contribution is -3.06. The summed E-state index contributed by atoms with van der Waals surface area (Å²) in [6.45, 7) is 1.25. The molecule has 0 aromatic heterocycles. The molecule has 0 aliphatic carbocycles. The summed E-state index contributed by atoms with van der Waals surface area (Å²) in [7, 11) is 0.0727. The molecule has 0 saturated heterocycles. The molecule has 0 bridgehead atoms. The van der Waals surface area contributed by atoms with E-state index in [-0.39, 0.29) is 22.1 Å². The first-order valence-corrected chi connectivity index (χ1v) is 9.22. The van der Waals surface area contributed by atoms with Crippen molar-refractivity contribution in [3.63, 3.8) is 0 Å². The van der Waals surface area contributed by atoms with Gasteiger partial charge in [0.2, 0.25) is 0 Å². The van der Waals surface area contributed by atoms with Crippen LogP contribution >= 0.6 is 0 Å². The predicted molar refractivity (Wildman–Crippen MR) is 93.7 cm³/mol. The molecule has 134 valence electrons. The lowest BCUT2D eigenvalue weighted by Gasteiger charge is -2.11. The number of carbonyl (C=O) groups excluding carboxylic acids is 1. The van der Waals surface area contributed by atoms with Crippen LogP contribution in [0, 0.1) is 5.82 Å². The van der Waals surface area contributed by atoms with Crippen LogP contribution in [0.5, 0.6) is 0 Å². The van der Waals surface area contributed by atoms with Gasteiger partial charge >= 0.3 is 0 Å². The Morgan fingerprint density at radius 3 is 2.44 bits per heavy atom. The molecule has 1 amide bonds. The Kier molecular flexibility index (Phi) is 6.11. The maximum atomic E-state index is 12.9. The quantitative estimate of drug-likeness (QED) is 0.668. The van der Waals surface area contributed by atoms with Gasteiger partial charge in [-0.3, -0.25) is 9.52 Å². The Morgan fingerprint density at radius 1 is 1.12 bits per heavy atom. The molecule has 0 atom stereocenters. The lowest BCUT2D eigenvalue weighted by atomic mass is 10.2. The second-order valence-corrected chi connectivity index (χ2v) is 7.54. The number of amides is 1. The number of sulfonamides is 1. The molecule has 0 aliphatic rings. The van der Waals surface area contributed by atoms with Gasteiger partial charge in [-0.05, 0) is 42.5 Å². The third-order valence-electron chi connectivity index (χ3n) is 3.41. The molecule has 6 nitrogen and oxygen atoms in total. The van der Waals surface area contributed by atoms with Crippen LogP contribution in [0.3, 0.4) is 0 Å². The van der Waals surface area contributed by atoms with Crippen LogP contribution in [0.4, 0.5) is 10.1 Å². The van der Waals surface area contributed by atoms with E-state index >= 15 is 0 Å². The number of hydrogen-bond acceptors (Lipinski definition) is 3. The smallest absolute Gasteiger partial charge is 0.261 e. The molecule has 2 rings (SSSR count). The third-order valence-corrected chi connectivity index (χ3v) is 4.79. The van der Waals surface area contributed by atoms with Crippen LogP contribution in [0.15, 0.2) is 53.4 Å². The van der Waals surface area contributed by atoms with Crippen molar-refractivity contribution >= 4 is 21.6 Å². The van der Waals surface area contributed by atoms with E-state index in [1.165, 1.54) is 35.2 Å². The molecule has 0 spiro atoms. The highest BCUT2D eigenvalue weighted by atomic mass is 32.2. The highest BCUT2D eigenvalue weighted by Crippen LogP contribution is 2.17. The molecule has 0 heterocycles. The predicted octanol–water partition coefficient (Wildman–Crippen LogP) is 0.501. The topological polar surface area (TPSA) is 79.7 Å². The molecule has 2 aromatic carbocycles. The molecule has 0 aliphatic heterocycles. The average molecular weight is 366 g/mol. The molecular formula is C17H21FN3O3S+. The Labute approximate surface area is 146 Å². The molecule has 0 radical (unpaired) electrons. The summed E-state index contributed by atoms with van der Waals surface area (Å²) < 4.78 is 40.1. The van der Waals surface area contributed by atoms with Crippen molar-refractivity contribution in [3.8, 4) is 0 Å². The van der Waals surface area contributed by atoms with Gasteiger partial charge in [0.1, 0.15) is 5.82 Å². The van der Waals surface area contributed by atoms with Crippen LogP contribution < -0.4 is 14.9 Å². The number of hydrogen-bond donors (Lipinski definition) is 3. The number of quaternary nitrogens is 1. The van der Waals surface area contributed by atoms with Gasteiger partial charge in [0.05, 0.1) is 32.1 Å². The normalized spacial score (nSPS) is 11.4. The zero-order valence-corrected chi connectivity index (χ0v) is 14.9. The molecule has 2 aromatic rings. The maximum absolute atomic E-state index is 12.9. The lowest BCUT2D eigenvalue weighted by molar-refractivity contribution is -0.856. The van der Waals surface area contributed by atoms with Crippen LogP contribution in [0.25, 0.3) is 0 Å². The Balaban J connectivity index is 2.13. The fourth-order valence-electron chi connectivity index (χ4n) is 2.06. The van der Waals surface area contributed by atoms with Crippen LogP contribution in [-0.4, -0.2) is 41.5 Å². The van der Waals surface area contributed by atoms with Crippen molar-refractivity contribution in [2.24, 2.45) is 0 Å². The van der Waals surface area contributed by atoms with Crippen LogP contribution in [0.1, 0.15) is 10.4 Å². The molecule has 0 saturated carbocycles. The van der Waals surface area contributed by atoms with Gasteiger partial charge < -0.3 is 10.2 Å². The zero-order valence-electron chi connectivity index (χ0n) is 14.0. The number of carbonyl (C=O) groups is 1. The Hall–Kier alpha value is -2.45. The van der Waals surface area contributed by atoms with Crippen molar-refractivity contribution in [2.75, 3.05) is 31.9 Å². The third kappa shape index (κ3) is 5.54. The first kappa shape index (κ1) is 18.9. The number of nitrogens with one attached hydrogen (secondary N) is 3. The fraction of sp³-hybridized carbons (Fsp3) is 0.235.